The molecule has 1 fully saturated rings. The van der Waals surface area contributed by atoms with Gasteiger partial charge in [-0.2, -0.15) is 4.31 Å². The Labute approximate surface area is 175 Å². The van der Waals surface area contributed by atoms with Crippen molar-refractivity contribution in [3.8, 4) is 0 Å². The van der Waals surface area contributed by atoms with Crippen LogP contribution in [0.25, 0.3) is 0 Å². The van der Waals surface area contributed by atoms with Gasteiger partial charge in [0.1, 0.15) is 16.6 Å². The Morgan fingerprint density at radius 1 is 1.10 bits per heavy atom. The maximum absolute atomic E-state index is 13.3. The summed E-state index contributed by atoms with van der Waals surface area (Å²) in [5.74, 6) is -1.57. The van der Waals surface area contributed by atoms with Crippen molar-refractivity contribution in [3.05, 3.63) is 70.2 Å². The Hall–Kier alpha value is -2.76. The monoisotopic (exact) mass is 450 g/mol. The molecule has 3 aromatic rings. The maximum atomic E-state index is 13.3. The van der Waals surface area contributed by atoms with Gasteiger partial charge in [0.2, 0.25) is 15.0 Å². The molecule has 1 aliphatic heterocycles. The molecule has 1 saturated heterocycles. The van der Waals surface area contributed by atoms with E-state index in [2.05, 4.69) is 15.5 Å². The molecule has 0 spiro atoms. The first kappa shape index (κ1) is 20.5. The smallest absolute Gasteiger partial charge is 0.286 e. The van der Waals surface area contributed by atoms with Crippen LogP contribution in [-0.4, -0.2) is 35.4 Å². The van der Waals surface area contributed by atoms with E-state index in [4.69, 9.17) is 0 Å². The van der Waals surface area contributed by atoms with Gasteiger partial charge in [-0.15, -0.1) is 10.2 Å². The van der Waals surface area contributed by atoms with Gasteiger partial charge >= 0.3 is 0 Å². The van der Waals surface area contributed by atoms with Crippen molar-refractivity contribution in [3.63, 3.8) is 0 Å². The van der Waals surface area contributed by atoms with E-state index >= 15 is 0 Å². The molecule has 156 valence electrons. The molecule has 30 heavy (non-hydrogen) atoms. The van der Waals surface area contributed by atoms with E-state index in [1.165, 1.54) is 40.7 Å². The number of carbonyl (C=O) groups excluding carboxylic acids is 1. The molecule has 1 amide bonds. The van der Waals surface area contributed by atoms with Crippen molar-refractivity contribution >= 4 is 33.0 Å². The fourth-order valence-corrected chi connectivity index (χ4v) is 5.84. The van der Waals surface area contributed by atoms with Crippen molar-refractivity contribution < 1.29 is 22.0 Å². The van der Waals surface area contributed by atoms with Crippen LogP contribution in [0.1, 0.15) is 33.7 Å². The zero-order valence-electron chi connectivity index (χ0n) is 15.5. The predicted octanol–water partition coefficient (Wildman–Crippen LogP) is 3.59. The Kier molecular flexibility index (Phi) is 5.58. The quantitative estimate of drug-likeness (QED) is 0.641. The SMILES string of the molecule is O=C(Nc1cccc(F)c1)c1nnc([C@@H]2CCCN2S(=O)(=O)c2ccc(F)cc2)s1. The standard InChI is InChI=1S/C19H16F2N4O3S2/c20-12-6-8-15(9-7-12)30(27,28)25-10-2-5-16(25)18-23-24-19(29-18)17(26)22-14-4-1-3-13(21)11-14/h1,3-4,6-9,11,16H,2,5,10H2,(H,22,26)/t16-/m0/s1. The van der Waals surface area contributed by atoms with Gasteiger partial charge in [0.05, 0.1) is 10.9 Å². The topological polar surface area (TPSA) is 92.3 Å². The molecule has 11 heteroatoms. The van der Waals surface area contributed by atoms with Crippen molar-refractivity contribution in [1.82, 2.24) is 14.5 Å². The molecule has 1 atom stereocenters. The van der Waals surface area contributed by atoms with Crippen LogP contribution >= 0.6 is 11.3 Å². The summed E-state index contributed by atoms with van der Waals surface area (Å²) in [5, 5.41) is 10.9. The molecular formula is C19H16F2N4O3S2. The third-order valence-electron chi connectivity index (χ3n) is 4.63. The number of rotatable bonds is 5. The van der Waals surface area contributed by atoms with E-state index in [-0.39, 0.29) is 22.1 Å². The zero-order chi connectivity index (χ0) is 21.3. The predicted molar refractivity (Wildman–Crippen MR) is 107 cm³/mol. The molecular weight excluding hydrogens is 434 g/mol. The number of nitrogens with zero attached hydrogens (tertiary/aromatic N) is 3. The van der Waals surface area contributed by atoms with Crippen LogP contribution in [-0.2, 0) is 10.0 Å². The number of carbonyl (C=O) groups is 1. The molecule has 1 aromatic heterocycles. The van der Waals surface area contributed by atoms with Crippen LogP contribution in [0.3, 0.4) is 0 Å². The van der Waals surface area contributed by atoms with Gasteiger partial charge < -0.3 is 5.32 Å². The number of amides is 1. The molecule has 0 unspecified atom stereocenters. The van der Waals surface area contributed by atoms with Crippen molar-refractivity contribution in [2.75, 3.05) is 11.9 Å². The molecule has 7 nitrogen and oxygen atoms in total. The van der Waals surface area contributed by atoms with E-state index in [0.29, 0.717) is 17.8 Å². The van der Waals surface area contributed by atoms with Crippen molar-refractivity contribution in [2.45, 2.75) is 23.8 Å². The van der Waals surface area contributed by atoms with Crippen molar-refractivity contribution in [1.29, 1.82) is 0 Å². The maximum Gasteiger partial charge on any atom is 0.286 e. The number of benzene rings is 2. The molecule has 1 N–H and O–H groups in total. The van der Waals surface area contributed by atoms with Gasteiger partial charge in [-0.25, -0.2) is 17.2 Å². The fourth-order valence-electron chi connectivity index (χ4n) is 3.23. The minimum atomic E-state index is -3.85. The minimum absolute atomic E-state index is 0.00983. The zero-order valence-corrected chi connectivity index (χ0v) is 17.1. The summed E-state index contributed by atoms with van der Waals surface area (Å²) in [6.45, 7) is 0.286. The second-order valence-electron chi connectivity index (χ2n) is 6.64. The van der Waals surface area contributed by atoms with Gasteiger partial charge in [-0.05, 0) is 55.3 Å². The fraction of sp³-hybridized carbons (Fsp3) is 0.211. The minimum Gasteiger partial charge on any atom is -0.320 e. The average molecular weight is 450 g/mol. The normalized spacial score (nSPS) is 17.2. The molecule has 1 aliphatic rings. The Morgan fingerprint density at radius 3 is 2.60 bits per heavy atom. The summed E-state index contributed by atoms with van der Waals surface area (Å²) in [5.41, 5.74) is 0.276. The largest absolute Gasteiger partial charge is 0.320 e. The van der Waals surface area contributed by atoms with E-state index in [1.54, 1.807) is 0 Å². The van der Waals surface area contributed by atoms with Crippen LogP contribution < -0.4 is 5.32 Å². The first-order valence-electron chi connectivity index (χ1n) is 9.02. The lowest BCUT2D eigenvalue weighted by Gasteiger charge is -2.22. The molecule has 2 aromatic carbocycles. The molecule has 2 heterocycles. The van der Waals surface area contributed by atoms with Crippen LogP contribution in [0.5, 0.6) is 0 Å². The second kappa shape index (κ2) is 8.17. The molecule has 4 rings (SSSR count). The van der Waals surface area contributed by atoms with E-state index in [0.717, 1.165) is 23.5 Å². The summed E-state index contributed by atoms with van der Waals surface area (Å²) < 4.78 is 53.7. The summed E-state index contributed by atoms with van der Waals surface area (Å²) in [4.78, 5) is 12.4. The third kappa shape index (κ3) is 4.09. The number of aromatic nitrogens is 2. The van der Waals surface area contributed by atoms with Gasteiger partial charge in [0.25, 0.3) is 5.91 Å². The summed E-state index contributed by atoms with van der Waals surface area (Å²) in [6.07, 6.45) is 1.15. The highest BCUT2D eigenvalue weighted by molar-refractivity contribution is 7.89. The van der Waals surface area contributed by atoms with Gasteiger partial charge in [-0.3, -0.25) is 4.79 Å². The first-order valence-corrected chi connectivity index (χ1v) is 11.3. The third-order valence-corrected chi connectivity index (χ3v) is 7.57. The number of hydrogen-bond donors (Lipinski definition) is 1. The number of hydrogen-bond acceptors (Lipinski definition) is 6. The van der Waals surface area contributed by atoms with E-state index in [9.17, 15) is 22.0 Å². The Balaban J connectivity index is 1.54. The highest BCUT2D eigenvalue weighted by Crippen LogP contribution is 2.37. The summed E-state index contributed by atoms with van der Waals surface area (Å²) in [6, 6.07) is 9.51. The lowest BCUT2D eigenvalue weighted by molar-refractivity contribution is 0.102. The van der Waals surface area contributed by atoms with Gasteiger partial charge in [0, 0.05) is 12.2 Å². The molecule has 0 aliphatic carbocycles. The Morgan fingerprint density at radius 2 is 1.87 bits per heavy atom. The van der Waals surface area contributed by atoms with Crippen molar-refractivity contribution in [2.24, 2.45) is 0 Å². The highest BCUT2D eigenvalue weighted by Gasteiger charge is 2.38. The first-order chi connectivity index (χ1) is 14.3. The number of halogens is 2. The van der Waals surface area contributed by atoms with Gasteiger partial charge in [0.15, 0.2) is 0 Å². The lowest BCUT2D eigenvalue weighted by atomic mass is 10.2. The van der Waals surface area contributed by atoms with E-state index < -0.39 is 33.6 Å². The molecule has 0 bridgehead atoms. The average Bonchev–Trinajstić information content (AvgIpc) is 3.38. The lowest BCUT2D eigenvalue weighted by Crippen LogP contribution is -2.30. The number of sulfonamides is 1. The second-order valence-corrected chi connectivity index (χ2v) is 9.54. The summed E-state index contributed by atoms with van der Waals surface area (Å²) in [7, 11) is -3.85. The number of anilines is 1. The molecule has 0 radical (unpaired) electrons. The van der Waals surface area contributed by atoms with E-state index in [1.807, 2.05) is 0 Å². The van der Waals surface area contributed by atoms with Crippen LogP contribution in [0.15, 0.2) is 53.4 Å². The van der Waals surface area contributed by atoms with Crippen LogP contribution in [0, 0.1) is 11.6 Å². The number of nitrogens with one attached hydrogen (secondary N) is 1. The highest BCUT2D eigenvalue weighted by atomic mass is 32.2. The van der Waals surface area contributed by atoms with Crippen LogP contribution in [0.4, 0.5) is 14.5 Å². The Bertz CT molecular complexity index is 1180. The van der Waals surface area contributed by atoms with Gasteiger partial charge in [-0.1, -0.05) is 17.4 Å². The summed E-state index contributed by atoms with van der Waals surface area (Å²) >= 11 is 0.985. The van der Waals surface area contributed by atoms with Crippen LogP contribution in [0.2, 0.25) is 0 Å². The molecule has 0 saturated carbocycles.